The van der Waals surface area contributed by atoms with E-state index in [0.717, 1.165) is 26.3 Å². The number of thiazole rings is 1. The monoisotopic (exact) mass is 417 g/mol. The first kappa shape index (κ1) is 17.8. The number of nitrogens with zero attached hydrogens (tertiary/aromatic N) is 1. The zero-order valence-electron chi connectivity index (χ0n) is 13.1. The number of aliphatic hydroxyl groups is 1. The molecule has 5 nitrogen and oxygen atoms in total. The zero-order chi connectivity index (χ0) is 17.8. The number of nitrogens with one attached hydrogen (secondary N) is 1. The summed E-state index contributed by atoms with van der Waals surface area (Å²) < 4.78 is 1.03. The van der Waals surface area contributed by atoms with E-state index in [-0.39, 0.29) is 6.61 Å². The van der Waals surface area contributed by atoms with E-state index in [2.05, 4.69) is 26.2 Å². The minimum absolute atomic E-state index is 0.387. The molecule has 0 saturated heterocycles. The summed E-state index contributed by atoms with van der Waals surface area (Å²) in [7, 11) is 0. The summed E-state index contributed by atoms with van der Waals surface area (Å²) in [6.45, 7) is -0.387. The van der Waals surface area contributed by atoms with E-state index in [0.29, 0.717) is 5.69 Å². The summed E-state index contributed by atoms with van der Waals surface area (Å²) in [6, 6.07) is 14.5. The average Bonchev–Trinajstić information content (AvgIpc) is 3.12. The van der Waals surface area contributed by atoms with Crippen molar-refractivity contribution in [2.45, 2.75) is 6.04 Å². The Morgan fingerprint density at radius 3 is 2.44 bits per heavy atom. The molecule has 0 unspecified atom stereocenters. The van der Waals surface area contributed by atoms with E-state index < -0.39 is 11.9 Å². The van der Waals surface area contributed by atoms with Crippen molar-refractivity contribution in [2.24, 2.45) is 5.73 Å². The van der Waals surface area contributed by atoms with Crippen LogP contribution in [0.25, 0.3) is 21.8 Å². The maximum absolute atomic E-state index is 11.7. The number of carbonyl (C=O) groups excluding carboxylic acids is 1. The van der Waals surface area contributed by atoms with Crippen LogP contribution in [0.15, 0.2) is 58.4 Å². The number of amides is 1. The van der Waals surface area contributed by atoms with E-state index in [4.69, 9.17) is 10.8 Å². The Balaban J connectivity index is 1.75. The highest BCUT2D eigenvalue weighted by Gasteiger charge is 2.12. The van der Waals surface area contributed by atoms with Crippen LogP contribution in [-0.4, -0.2) is 28.6 Å². The van der Waals surface area contributed by atoms with Crippen LogP contribution in [0, 0.1) is 0 Å². The Labute approximate surface area is 157 Å². The molecular formula is C18H16BrN3O2S. The van der Waals surface area contributed by atoms with Gasteiger partial charge in [0.1, 0.15) is 11.0 Å². The largest absolute Gasteiger partial charge is 0.394 e. The van der Waals surface area contributed by atoms with Crippen molar-refractivity contribution in [3.05, 3.63) is 58.4 Å². The van der Waals surface area contributed by atoms with Crippen molar-refractivity contribution in [3.63, 3.8) is 0 Å². The van der Waals surface area contributed by atoms with Gasteiger partial charge >= 0.3 is 0 Å². The number of rotatable bonds is 5. The fourth-order valence-electron chi connectivity index (χ4n) is 2.17. The summed E-state index contributed by atoms with van der Waals surface area (Å²) in [5.74, 6) is -0.415. The molecule has 4 N–H and O–H groups in total. The van der Waals surface area contributed by atoms with Crippen molar-refractivity contribution in [2.75, 3.05) is 11.9 Å². The molecule has 0 spiro atoms. The molecule has 0 fully saturated rings. The Kier molecular flexibility index (Phi) is 5.60. The van der Waals surface area contributed by atoms with Crippen LogP contribution in [0.1, 0.15) is 0 Å². The topological polar surface area (TPSA) is 88.2 Å². The first-order chi connectivity index (χ1) is 12.1. The maximum atomic E-state index is 11.7. The minimum Gasteiger partial charge on any atom is -0.394 e. The third-order valence-electron chi connectivity index (χ3n) is 3.58. The fourth-order valence-corrected chi connectivity index (χ4v) is 3.27. The molecule has 1 amide bonds. The molecule has 7 heteroatoms. The van der Waals surface area contributed by atoms with Gasteiger partial charge in [-0.25, -0.2) is 4.98 Å². The molecule has 2 aromatic carbocycles. The summed E-state index contributed by atoms with van der Waals surface area (Å²) in [5, 5.41) is 14.5. The van der Waals surface area contributed by atoms with E-state index in [9.17, 15) is 4.79 Å². The minimum atomic E-state index is -0.924. The number of hydrogen-bond acceptors (Lipinski definition) is 5. The van der Waals surface area contributed by atoms with Gasteiger partial charge in [0.15, 0.2) is 0 Å². The van der Waals surface area contributed by atoms with E-state index in [1.165, 1.54) is 0 Å². The van der Waals surface area contributed by atoms with Gasteiger partial charge in [0.05, 0.1) is 12.3 Å². The normalized spacial score (nSPS) is 12.0. The van der Waals surface area contributed by atoms with Gasteiger partial charge < -0.3 is 16.2 Å². The Hall–Kier alpha value is -2.06. The molecule has 0 aliphatic carbocycles. The molecule has 1 heterocycles. The third kappa shape index (κ3) is 4.32. The second-order valence-electron chi connectivity index (χ2n) is 5.40. The molecule has 0 bridgehead atoms. The quantitative estimate of drug-likeness (QED) is 0.592. The number of hydrogen-bond donors (Lipinski definition) is 3. The smallest absolute Gasteiger partial charge is 0.243 e. The van der Waals surface area contributed by atoms with E-state index in [1.807, 2.05) is 41.8 Å². The van der Waals surface area contributed by atoms with Crippen LogP contribution < -0.4 is 11.1 Å². The lowest BCUT2D eigenvalue weighted by Crippen LogP contribution is -2.38. The van der Waals surface area contributed by atoms with Gasteiger partial charge in [0, 0.05) is 26.7 Å². The van der Waals surface area contributed by atoms with Crippen LogP contribution in [0.5, 0.6) is 0 Å². The van der Waals surface area contributed by atoms with Crippen LogP contribution in [0.3, 0.4) is 0 Å². The van der Waals surface area contributed by atoms with Crippen LogP contribution in [0.2, 0.25) is 0 Å². The van der Waals surface area contributed by atoms with Crippen molar-refractivity contribution in [3.8, 4) is 21.8 Å². The van der Waals surface area contributed by atoms with Crippen molar-refractivity contribution < 1.29 is 9.90 Å². The molecule has 0 aliphatic rings. The molecule has 0 radical (unpaired) electrons. The van der Waals surface area contributed by atoms with Crippen LogP contribution >= 0.6 is 27.3 Å². The SMILES string of the molecule is N[C@@H](CO)C(=O)Nc1ccc(-c2csc(-c3ccc(Br)cc3)n2)cc1. The lowest BCUT2D eigenvalue weighted by molar-refractivity contribution is -0.118. The highest BCUT2D eigenvalue weighted by molar-refractivity contribution is 9.10. The third-order valence-corrected chi connectivity index (χ3v) is 5.00. The second kappa shape index (κ2) is 7.88. The number of anilines is 1. The second-order valence-corrected chi connectivity index (χ2v) is 7.17. The summed E-state index contributed by atoms with van der Waals surface area (Å²) in [6.07, 6.45) is 0. The number of benzene rings is 2. The number of nitrogens with two attached hydrogens (primary N) is 1. The van der Waals surface area contributed by atoms with E-state index in [1.54, 1.807) is 23.5 Å². The fraction of sp³-hybridized carbons (Fsp3) is 0.111. The lowest BCUT2D eigenvalue weighted by atomic mass is 10.1. The number of aromatic nitrogens is 1. The van der Waals surface area contributed by atoms with Gasteiger partial charge in [-0.05, 0) is 24.3 Å². The molecule has 3 rings (SSSR count). The maximum Gasteiger partial charge on any atom is 0.243 e. The lowest BCUT2D eigenvalue weighted by Gasteiger charge is -2.09. The van der Waals surface area contributed by atoms with E-state index >= 15 is 0 Å². The molecule has 25 heavy (non-hydrogen) atoms. The average molecular weight is 418 g/mol. The summed E-state index contributed by atoms with van der Waals surface area (Å²) in [5.41, 5.74) is 9.02. The van der Waals surface area contributed by atoms with Crippen molar-refractivity contribution >= 4 is 38.9 Å². The van der Waals surface area contributed by atoms with Gasteiger partial charge in [-0.3, -0.25) is 4.79 Å². The van der Waals surface area contributed by atoms with Gasteiger partial charge in [0.25, 0.3) is 0 Å². The molecular weight excluding hydrogens is 402 g/mol. The van der Waals surface area contributed by atoms with Gasteiger partial charge in [-0.2, -0.15) is 0 Å². The number of carbonyl (C=O) groups is 1. The number of aliphatic hydroxyl groups excluding tert-OH is 1. The first-order valence-electron chi connectivity index (χ1n) is 7.56. The Morgan fingerprint density at radius 1 is 1.16 bits per heavy atom. The van der Waals surface area contributed by atoms with Crippen molar-refractivity contribution in [1.29, 1.82) is 0 Å². The summed E-state index contributed by atoms with van der Waals surface area (Å²) >= 11 is 5.01. The standard InChI is InChI=1S/C18H16BrN3O2S/c19-13-5-1-12(2-6-13)18-22-16(10-25-18)11-3-7-14(8-4-11)21-17(24)15(20)9-23/h1-8,10,15,23H,9,20H2,(H,21,24)/t15-/m0/s1. The van der Waals surface area contributed by atoms with Crippen LogP contribution in [-0.2, 0) is 4.79 Å². The predicted molar refractivity (Wildman–Crippen MR) is 104 cm³/mol. The van der Waals surface area contributed by atoms with Crippen LogP contribution in [0.4, 0.5) is 5.69 Å². The molecule has 1 atom stereocenters. The van der Waals surface area contributed by atoms with Crippen molar-refractivity contribution in [1.82, 2.24) is 4.98 Å². The Morgan fingerprint density at radius 2 is 1.80 bits per heavy atom. The predicted octanol–water partition coefficient (Wildman–Crippen LogP) is 3.50. The first-order valence-corrected chi connectivity index (χ1v) is 9.23. The summed E-state index contributed by atoms with van der Waals surface area (Å²) in [4.78, 5) is 16.3. The van der Waals surface area contributed by atoms with Gasteiger partial charge in [0.2, 0.25) is 5.91 Å². The number of halogens is 1. The zero-order valence-corrected chi connectivity index (χ0v) is 15.5. The molecule has 3 aromatic rings. The van der Waals surface area contributed by atoms with Gasteiger partial charge in [-0.1, -0.05) is 40.2 Å². The highest BCUT2D eigenvalue weighted by atomic mass is 79.9. The highest BCUT2D eigenvalue weighted by Crippen LogP contribution is 2.30. The van der Waals surface area contributed by atoms with Gasteiger partial charge in [-0.15, -0.1) is 11.3 Å². The molecule has 0 aliphatic heterocycles. The Bertz CT molecular complexity index is 863. The molecule has 128 valence electrons. The molecule has 0 saturated carbocycles. The molecule has 1 aromatic heterocycles.